The molecule has 0 bridgehead atoms. The van der Waals surface area contributed by atoms with Crippen molar-refractivity contribution in [2.75, 3.05) is 6.54 Å². The number of hydrogen-bond donors (Lipinski definition) is 1. The van der Waals surface area contributed by atoms with E-state index in [0.717, 1.165) is 16.7 Å². The standard InChI is InChI=1S/C15H12FN5/c1-2-7-17-9-12-8-13(10-21-15(12)18-19-20-21)11-3-5-14(16)6-4-11/h1,3-6,8,10,17H,7,9H2. The van der Waals surface area contributed by atoms with Crippen LogP contribution in [0.3, 0.4) is 0 Å². The largest absolute Gasteiger partial charge is 0.302 e. The van der Waals surface area contributed by atoms with Crippen molar-refractivity contribution in [2.45, 2.75) is 6.54 Å². The van der Waals surface area contributed by atoms with E-state index in [9.17, 15) is 4.39 Å². The molecule has 0 aliphatic rings. The van der Waals surface area contributed by atoms with Crippen LogP contribution in [0.1, 0.15) is 5.56 Å². The maximum absolute atomic E-state index is 13.0. The lowest BCUT2D eigenvalue weighted by molar-refractivity contribution is 0.628. The van der Waals surface area contributed by atoms with Crippen molar-refractivity contribution >= 4 is 5.65 Å². The van der Waals surface area contributed by atoms with Crippen molar-refractivity contribution in [3.63, 3.8) is 0 Å². The molecule has 0 amide bonds. The summed E-state index contributed by atoms with van der Waals surface area (Å²) in [6.07, 6.45) is 7.04. The third-order valence-electron chi connectivity index (χ3n) is 3.09. The zero-order valence-corrected chi connectivity index (χ0v) is 11.1. The van der Waals surface area contributed by atoms with Crippen LogP contribution in [0.2, 0.25) is 0 Å². The quantitative estimate of drug-likeness (QED) is 0.583. The smallest absolute Gasteiger partial charge is 0.183 e. The molecule has 104 valence electrons. The van der Waals surface area contributed by atoms with Gasteiger partial charge in [0, 0.05) is 23.9 Å². The van der Waals surface area contributed by atoms with Crippen LogP contribution in [0.5, 0.6) is 0 Å². The van der Waals surface area contributed by atoms with Gasteiger partial charge in [-0.25, -0.2) is 4.39 Å². The topological polar surface area (TPSA) is 55.1 Å². The van der Waals surface area contributed by atoms with Crippen molar-refractivity contribution in [3.8, 4) is 23.5 Å². The van der Waals surface area contributed by atoms with Crippen LogP contribution in [0.4, 0.5) is 4.39 Å². The summed E-state index contributed by atoms with van der Waals surface area (Å²) in [5.41, 5.74) is 3.40. The Hall–Kier alpha value is -2.78. The molecule has 1 N–H and O–H groups in total. The summed E-state index contributed by atoms with van der Waals surface area (Å²) in [6.45, 7) is 1.03. The molecule has 5 nitrogen and oxygen atoms in total. The molecule has 2 heterocycles. The summed E-state index contributed by atoms with van der Waals surface area (Å²) in [7, 11) is 0. The molecule has 0 saturated carbocycles. The fourth-order valence-corrected chi connectivity index (χ4v) is 2.11. The third kappa shape index (κ3) is 2.73. The Balaban J connectivity index is 2.03. The highest BCUT2D eigenvalue weighted by molar-refractivity contribution is 5.66. The Morgan fingerprint density at radius 3 is 2.81 bits per heavy atom. The summed E-state index contributed by atoms with van der Waals surface area (Å²) in [5, 5.41) is 14.7. The first-order chi connectivity index (χ1) is 10.3. The predicted octanol–water partition coefficient (Wildman–Crippen LogP) is 1.65. The van der Waals surface area contributed by atoms with Crippen molar-refractivity contribution in [1.29, 1.82) is 0 Å². The molecule has 0 unspecified atom stereocenters. The van der Waals surface area contributed by atoms with Gasteiger partial charge in [-0.2, -0.15) is 4.52 Å². The maximum atomic E-state index is 13.0. The first-order valence-corrected chi connectivity index (χ1v) is 6.38. The Labute approximate surface area is 120 Å². The third-order valence-corrected chi connectivity index (χ3v) is 3.09. The molecule has 0 saturated heterocycles. The minimum atomic E-state index is -0.266. The number of fused-ring (bicyclic) bond motifs is 1. The Morgan fingerprint density at radius 2 is 2.05 bits per heavy atom. The van der Waals surface area contributed by atoms with Gasteiger partial charge in [-0.15, -0.1) is 11.5 Å². The molecule has 0 fully saturated rings. The lowest BCUT2D eigenvalue weighted by Crippen LogP contribution is -2.14. The molecule has 0 atom stereocenters. The van der Waals surface area contributed by atoms with E-state index in [0.29, 0.717) is 18.7 Å². The Bertz CT molecular complexity index is 801. The van der Waals surface area contributed by atoms with Crippen LogP contribution >= 0.6 is 0 Å². The average molecular weight is 281 g/mol. The van der Waals surface area contributed by atoms with Gasteiger partial charge in [0.1, 0.15) is 5.82 Å². The van der Waals surface area contributed by atoms with E-state index in [1.54, 1.807) is 16.6 Å². The van der Waals surface area contributed by atoms with E-state index in [2.05, 4.69) is 26.8 Å². The normalized spacial score (nSPS) is 10.7. The molecule has 3 rings (SSSR count). The fraction of sp³-hybridized carbons (Fsp3) is 0.133. The zero-order valence-electron chi connectivity index (χ0n) is 11.1. The number of halogens is 1. The van der Waals surface area contributed by atoms with E-state index in [-0.39, 0.29) is 5.82 Å². The van der Waals surface area contributed by atoms with Crippen LogP contribution in [-0.2, 0) is 6.54 Å². The van der Waals surface area contributed by atoms with Gasteiger partial charge < -0.3 is 5.32 Å². The molecular formula is C15H12FN5. The van der Waals surface area contributed by atoms with Crippen LogP contribution in [-0.4, -0.2) is 26.6 Å². The van der Waals surface area contributed by atoms with Gasteiger partial charge in [-0.3, -0.25) is 0 Å². The number of terminal acetylenes is 1. The number of benzene rings is 1. The summed E-state index contributed by atoms with van der Waals surface area (Å²) in [4.78, 5) is 0. The van der Waals surface area contributed by atoms with Gasteiger partial charge in [-0.05, 0) is 34.2 Å². The minimum absolute atomic E-state index is 0.266. The van der Waals surface area contributed by atoms with Crippen molar-refractivity contribution in [2.24, 2.45) is 0 Å². The second-order valence-electron chi connectivity index (χ2n) is 4.52. The van der Waals surface area contributed by atoms with Gasteiger partial charge in [0.15, 0.2) is 5.65 Å². The molecule has 0 aliphatic heterocycles. The summed E-state index contributed by atoms with van der Waals surface area (Å²) < 4.78 is 14.6. The molecule has 0 aliphatic carbocycles. The van der Waals surface area contributed by atoms with Crippen LogP contribution in [0.15, 0.2) is 36.5 Å². The molecule has 21 heavy (non-hydrogen) atoms. The monoisotopic (exact) mass is 281 g/mol. The highest BCUT2D eigenvalue weighted by atomic mass is 19.1. The molecule has 2 aromatic heterocycles. The zero-order chi connectivity index (χ0) is 14.7. The molecule has 3 aromatic rings. The highest BCUT2D eigenvalue weighted by Crippen LogP contribution is 2.22. The fourth-order valence-electron chi connectivity index (χ4n) is 2.11. The Kier molecular flexibility index (Phi) is 3.58. The first kappa shape index (κ1) is 13.2. The van der Waals surface area contributed by atoms with Crippen molar-refractivity contribution < 1.29 is 4.39 Å². The van der Waals surface area contributed by atoms with Crippen molar-refractivity contribution in [3.05, 3.63) is 47.9 Å². The number of pyridine rings is 1. The average Bonchev–Trinajstić information content (AvgIpc) is 2.96. The van der Waals surface area contributed by atoms with Crippen LogP contribution < -0.4 is 5.32 Å². The lowest BCUT2D eigenvalue weighted by atomic mass is 10.1. The molecule has 6 heteroatoms. The number of aromatic nitrogens is 4. The first-order valence-electron chi connectivity index (χ1n) is 6.38. The van der Waals surface area contributed by atoms with Crippen LogP contribution in [0.25, 0.3) is 16.8 Å². The van der Waals surface area contributed by atoms with Gasteiger partial charge in [-0.1, -0.05) is 18.1 Å². The second-order valence-corrected chi connectivity index (χ2v) is 4.52. The van der Waals surface area contributed by atoms with E-state index in [1.165, 1.54) is 12.1 Å². The van der Waals surface area contributed by atoms with Gasteiger partial charge in [0.05, 0.1) is 6.54 Å². The van der Waals surface area contributed by atoms with Gasteiger partial charge in [0.25, 0.3) is 0 Å². The van der Waals surface area contributed by atoms with Crippen LogP contribution in [0, 0.1) is 18.2 Å². The maximum Gasteiger partial charge on any atom is 0.183 e. The van der Waals surface area contributed by atoms with E-state index >= 15 is 0 Å². The predicted molar refractivity (Wildman–Crippen MR) is 76.7 cm³/mol. The number of nitrogens with one attached hydrogen (secondary N) is 1. The number of nitrogens with zero attached hydrogens (tertiary/aromatic N) is 4. The summed E-state index contributed by atoms with van der Waals surface area (Å²) in [6, 6.07) is 8.27. The molecular weight excluding hydrogens is 269 g/mol. The van der Waals surface area contributed by atoms with Gasteiger partial charge >= 0.3 is 0 Å². The highest BCUT2D eigenvalue weighted by Gasteiger charge is 2.09. The van der Waals surface area contributed by atoms with Crippen molar-refractivity contribution in [1.82, 2.24) is 25.4 Å². The molecule has 0 spiro atoms. The molecule has 1 aromatic carbocycles. The SMILES string of the molecule is C#CCNCc1cc(-c2ccc(F)cc2)cn2nnnc12. The second kappa shape index (κ2) is 5.69. The van der Waals surface area contributed by atoms with E-state index in [1.807, 2.05) is 12.3 Å². The lowest BCUT2D eigenvalue weighted by Gasteiger charge is -2.07. The number of rotatable bonds is 4. The van der Waals surface area contributed by atoms with Gasteiger partial charge in [0.2, 0.25) is 0 Å². The van der Waals surface area contributed by atoms with E-state index in [4.69, 9.17) is 6.42 Å². The molecule has 0 radical (unpaired) electrons. The van der Waals surface area contributed by atoms with E-state index < -0.39 is 0 Å². The minimum Gasteiger partial charge on any atom is -0.302 e. The number of hydrogen-bond acceptors (Lipinski definition) is 4. The number of tetrazole rings is 1. The summed E-state index contributed by atoms with van der Waals surface area (Å²) >= 11 is 0. The summed E-state index contributed by atoms with van der Waals surface area (Å²) in [5.74, 6) is 2.26. The Morgan fingerprint density at radius 1 is 1.24 bits per heavy atom.